The van der Waals surface area contributed by atoms with Crippen molar-refractivity contribution in [2.75, 3.05) is 27.2 Å². The molecule has 0 bridgehead atoms. The largest absolute Gasteiger partial charge is 0.313 e. The van der Waals surface area contributed by atoms with Crippen LogP contribution >= 0.6 is 0 Å². The lowest BCUT2D eigenvalue weighted by Crippen LogP contribution is -2.21. The van der Waals surface area contributed by atoms with Crippen LogP contribution in [0.2, 0.25) is 0 Å². The fourth-order valence-electron chi connectivity index (χ4n) is 1.71. The van der Waals surface area contributed by atoms with Gasteiger partial charge in [0, 0.05) is 6.54 Å². The topological polar surface area (TPSA) is 39.1 Å². The molecule has 0 aromatic heterocycles. The third-order valence-corrected chi connectivity index (χ3v) is 2.75. The van der Waals surface area contributed by atoms with Gasteiger partial charge in [-0.1, -0.05) is 6.07 Å². The molecule has 0 saturated carbocycles. The summed E-state index contributed by atoms with van der Waals surface area (Å²) in [4.78, 5) is 2.19. The van der Waals surface area contributed by atoms with E-state index in [-0.39, 0.29) is 0 Å². The molecular formula is C14H21N3. The number of nitrogens with one attached hydrogen (secondary N) is 1. The van der Waals surface area contributed by atoms with Crippen LogP contribution in [0.15, 0.2) is 18.2 Å². The molecular weight excluding hydrogens is 210 g/mol. The molecule has 0 atom stereocenters. The summed E-state index contributed by atoms with van der Waals surface area (Å²) in [5.41, 5.74) is 3.19. The standard InChI is InChI=1S/C14H21N3/c1-12-9-13(10-15)5-6-14(12)11-16-7-4-8-17(2)3/h5-6,9,16H,4,7-8,11H2,1-3H3. The summed E-state index contributed by atoms with van der Waals surface area (Å²) in [5.74, 6) is 0. The van der Waals surface area contributed by atoms with Crippen molar-refractivity contribution in [2.24, 2.45) is 0 Å². The lowest BCUT2D eigenvalue weighted by atomic mass is 10.1. The maximum Gasteiger partial charge on any atom is 0.0991 e. The maximum absolute atomic E-state index is 8.78. The van der Waals surface area contributed by atoms with E-state index < -0.39 is 0 Å². The molecule has 0 radical (unpaired) electrons. The summed E-state index contributed by atoms with van der Waals surface area (Å²) >= 11 is 0. The molecule has 3 nitrogen and oxygen atoms in total. The zero-order valence-electron chi connectivity index (χ0n) is 11.0. The molecule has 0 saturated heterocycles. The highest BCUT2D eigenvalue weighted by atomic mass is 15.0. The first-order valence-corrected chi connectivity index (χ1v) is 5.98. The van der Waals surface area contributed by atoms with E-state index in [4.69, 9.17) is 5.26 Å². The van der Waals surface area contributed by atoms with Gasteiger partial charge in [0.2, 0.25) is 0 Å². The fourth-order valence-corrected chi connectivity index (χ4v) is 1.71. The summed E-state index contributed by atoms with van der Waals surface area (Å²) in [6.45, 7) is 5.07. The minimum Gasteiger partial charge on any atom is -0.313 e. The van der Waals surface area contributed by atoms with E-state index in [1.165, 1.54) is 11.1 Å². The van der Waals surface area contributed by atoms with Crippen LogP contribution in [-0.4, -0.2) is 32.1 Å². The van der Waals surface area contributed by atoms with Crippen molar-refractivity contribution in [3.05, 3.63) is 34.9 Å². The average molecular weight is 231 g/mol. The first-order valence-electron chi connectivity index (χ1n) is 5.98. The molecule has 3 heteroatoms. The van der Waals surface area contributed by atoms with Crippen molar-refractivity contribution in [2.45, 2.75) is 19.9 Å². The number of hydrogen-bond donors (Lipinski definition) is 1. The van der Waals surface area contributed by atoms with Gasteiger partial charge in [-0.25, -0.2) is 0 Å². The number of aryl methyl sites for hydroxylation is 1. The molecule has 0 amide bonds. The molecule has 0 spiro atoms. The maximum atomic E-state index is 8.78. The normalized spacial score (nSPS) is 10.5. The molecule has 92 valence electrons. The molecule has 0 aliphatic heterocycles. The van der Waals surface area contributed by atoms with Crippen LogP contribution in [0.1, 0.15) is 23.1 Å². The van der Waals surface area contributed by atoms with Crippen LogP contribution in [-0.2, 0) is 6.54 Å². The Hall–Kier alpha value is -1.37. The van der Waals surface area contributed by atoms with Crippen LogP contribution in [0.3, 0.4) is 0 Å². The van der Waals surface area contributed by atoms with Gasteiger partial charge < -0.3 is 10.2 Å². The number of benzene rings is 1. The van der Waals surface area contributed by atoms with Gasteiger partial charge in [-0.2, -0.15) is 5.26 Å². The molecule has 1 aromatic carbocycles. The van der Waals surface area contributed by atoms with Gasteiger partial charge in [0.25, 0.3) is 0 Å². The van der Waals surface area contributed by atoms with E-state index >= 15 is 0 Å². The van der Waals surface area contributed by atoms with Gasteiger partial charge in [0.05, 0.1) is 11.6 Å². The lowest BCUT2D eigenvalue weighted by molar-refractivity contribution is 0.394. The van der Waals surface area contributed by atoms with E-state index in [1.807, 2.05) is 18.2 Å². The minimum atomic E-state index is 0.735. The molecule has 0 heterocycles. The molecule has 0 aliphatic rings. The van der Waals surface area contributed by atoms with Crippen LogP contribution < -0.4 is 5.32 Å². The SMILES string of the molecule is Cc1cc(C#N)ccc1CNCCCN(C)C. The quantitative estimate of drug-likeness (QED) is 0.760. The Morgan fingerprint density at radius 1 is 1.35 bits per heavy atom. The zero-order valence-corrected chi connectivity index (χ0v) is 11.0. The summed E-state index contributed by atoms with van der Waals surface area (Å²) in [7, 11) is 4.18. The highest BCUT2D eigenvalue weighted by Crippen LogP contribution is 2.10. The predicted molar refractivity (Wildman–Crippen MR) is 70.8 cm³/mol. The number of nitrogens with zero attached hydrogens (tertiary/aromatic N) is 2. The van der Waals surface area contributed by atoms with Crippen molar-refractivity contribution in [3.8, 4) is 6.07 Å². The van der Waals surface area contributed by atoms with E-state index in [0.29, 0.717) is 0 Å². The van der Waals surface area contributed by atoms with Crippen molar-refractivity contribution < 1.29 is 0 Å². The predicted octanol–water partition coefficient (Wildman–Crippen LogP) is 1.91. The summed E-state index contributed by atoms with van der Waals surface area (Å²) in [5, 5.41) is 12.2. The van der Waals surface area contributed by atoms with Crippen LogP contribution in [0.25, 0.3) is 0 Å². The number of rotatable bonds is 6. The Kier molecular flexibility index (Phi) is 5.68. The minimum absolute atomic E-state index is 0.735. The highest BCUT2D eigenvalue weighted by Gasteiger charge is 1.99. The third-order valence-electron chi connectivity index (χ3n) is 2.75. The number of nitriles is 1. The first kappa shape index (κ1) is 13.7. The molecule has 0 unspecified atom stereocenters. The van der Waals surface area contributed by atoms with E-state index in [2.05, 4.69) is 37.3 Å². The van der Waals surface area contributed by atoms with Crippen molar-refractivity contribution in [3.63, 3.8) is 0 Å². The fraction of sp³-hybridized carbons (Fsp3) is 0.500. The molecule has 0 fully saturated rings. The summed E-state index contributed by atoms with van der Waals surface area (Å²) < 4.78 is 0. The van der Waals surface area contributed by atoms with Gasteiger partial charge in [0.15, 0.2) is 0 Å². The van der Waals surface area contributed by atoms with Crippen molar-refractivity contribution in [1.82, 2.24) is 10.2 Å². The second-order valence-corrected chi connectivity index (χ2v) is 4.59. The first-order chi connectivity index (χ1) is 8.13. The molecule has 17 heavy (non-hydrogen) atoms. The van der Waals surface area contributed by atoms with Crippen LogP contribution in [0.4, 0.5) is 0 Å². The third kappa shape index (κ3) is 4.99. The summed E-state index contributed by atoms with van der Waals surface area (Å²) in [6, 6.07) is 8.01. The van der Waals surface area contributed by atoms with E-state index in [9.17, 15) is 0 Å². The Morgan fingerprint density at radius 2 is 2.12 bits per heavy atom. The molecule has 1 aromatic rings. The average Bonchev–Trinajstić information content (AvgIpc) is 2.30. The Balaban J connectivity index is 2.35. The lowest BCUT2D eigenvalue weighted by Gasteiger charge is -2.11. The monoisotopic (exact) mass is 231 g/mol. The van der Waals surface area contributed by atoms with Gasteiger partial charge in [-0.15, -0.1) is 0 Å². The van der Waals surface area contributed by atoms with Gasteiger partial charge in [-0.05, 0) is 63.8 Å². The smallest absolute Gasteiger partial charge is 0.0991 e. The van der Waals surface area contributed by atoms with E-state index in [0.717, 1.165) is 31.6 Å². The van der Waals surface area contributed by atoms with Crippen molar-refractivity contribution >= 4 is 0 Å². The van der Waals surface area contributed by atoms with Gasteiger partial charge in [-0.3, -0.25) is 0 Å². The molecule has 1 rings (SSSR count). The van der Waals surface area contributed by atoms with Gasteiger partial charge >= 0.3 is 0 Å². The Morgan fingerprint density at radius 3 is 2.71 bits per heavy atom. The number of hydrogen-bond acceptors (Lipinski definition) is 3. The van der Waals surface area contributed by atoms with Gasteiger partial charge in [0.1, 0.15) is 0 Å². The van der Waals surface area contributed by atoms with E-state index in [1.54, 1.807) is 0 Å². The zero-order chi connectivity index (χ0) is 12.7. The molecule has 1 N–H and O–H groups in total. The Labute approximate surface area is 104 Å². The van der Waals surface area contributed by atoms with Crippen LogP contribution in [0.5, 0.6) is 0 Å². The Bertz CT molecular complexity index is 391. The van der Waals surface area contributed by atoms with Crippen LogP contribution in [0, 0.1) is 18.3 Å². The second-order valence-electron chi connectivity index (χ2n) is 4.59. The van der Waals surface area contributed by atoms with Crippen molar-refractivity contribution in [1.29, 1.82) is 5.26 Å². The summed E-state index contributed by atoms with van der Waals surface area (Å²) in [6.07, 6.45) is 1.16. The highest BCUT2D eigenvalue weighted by molar-refractivity contribution is 5.37. The molecule has 0 aliphatic carbocycles. The second kappa shape index (κ2) is 7.05.